The molecule has 118 valence electrons. The van der Waals surface area contributed by atoms with E-state index in [9.17, 15) is 14.4 Å². The van der Waals surface area contributed by atoms with Crippen LogP contribution in [0, 0.1) is 5.41 Å². The smallest absolute Gasteiger partial charge is 0.379 e. The monoisotopic (exact) mass is 304 g/mol. The average molecular weight is 304 g/mol. The summed E-state index contributed by atoms with van der Waals surface area (Å²) in [6, 6.07) is 8.41. The topological polar surface area (TPSA) is 69.7 Å². The summed E-state index contributed by atoms with van der Waals surface area (Å²) in [7, 11) is 0. The molecule has 0 saturated heterocycles. The average Bonchev–Trinajstić information content (AvgIpc) is 2.46. The summed E-state index contributed by atoms with van der Waals surface area (Å²) in [6.07, 6.45) is 1.01. The lowest BCUT2D eigenvalue weighted by molar-refractivity contribution is -0.151. The molecule has 1 aromatic rings. The van der Waals surface area contributed by atoms with Crippen molar-refractivity contribution in [2.45, 2.75) is 27.7 Å². The summed E-state index contributed by atoms with van der Waals surface area (Å²) in [5, 5.41) is 0. The van der Waals surface area contributed by atoms with Gasteiger partial charge in [-0.05, 0) is 19.1 Å². The molecular formula is C17H20O5. The summed E-state index contributed by atoms with van der Waals surface area (Å²) in [6.45, 7) is 7.03. The second-order valence-electron chi connectivity index (χ2n) is 5.60. The predicted octanol–water partition coefficient (Wildman–Crippen LogP) is 2.91. The van der Waals surface area contributed by atoms with Crippen LogP contribution in [0.3, 0.4) is 0 Å². The Morgan fingerprint density at radius 2 is 1.68 bits per heavy atom. The van der Waals surface area contributed by atoms with Crippen molar-refractivity contribution in [3.63, 3.8) is 0 Å². The van der Waals surface area contributed by atoms with Crippen LogP contribution in [0.1, 0.15) is 38.1 Å². The van der Waals surface area contributed by atoms with Crippen LogP contribution in [0.4, 0.5) is 0 Å². The number of hydrogen-bond acceptors (Lipinski definition) is 5. The Balaban J connectivity index is 2.98. The van der Waals surface area contributed by atoms with Gasteiger partial charge in [0.1, 0.15) is 5.76 Å². The number of ketones is 1. The molecule has 0 saturated carbocycles. The number of hydrogen-bond donors (Lipinski definition) is 0. The highest BCUT2D eigenvalue weighted by Gasteiger charge is 2.25. The van der Waals surface area contributed by atoms with Gasteiger partial charge in [0, 0.05) is 11.5 Å². The van der Waals surface area contributed by atoms with Crippen LogP contribution in [0.5, 0.6) is 0 Å². The molecule has 0 amide bonds. The van der Waals surface area contributed by atoms with Crippen molar-refractivity contribution in [3.8, 4) is 0 Å². The van der Waals surface area contributed by atoms with Gasteiger partial charge in [-0.1, -0.05) is 39.0 Å². The standard InChI is InChI=1S/C17H20O5/c1-5-21-16(20)13(18)11-14(17(2,3)4)22-15(19)12-9-7-6-8-10-12/h6-11H,5H2,1-4H3/b14-11-. The molecule has 0 aromatic heterocycles. The van der Waals surface area contributed by atoms with Crippen molar-refractivity contribution in [2.24, 2.45) is 5.41 Å². The van der Waals surface area contributed by atoms with E-state index < -0.39 is 23.1 Å². The van der Waals surface area contributed by atoms with E-state index in [2.05, 4.69) is 4.74 Å². The van der Waals surface area contributed by atoms with Crippen LogP contribution < -0.4 is 0 Å². The molecule has 5 nitrogen and oxygen atoms in total. The molecule has 0 radical (unpaired) electrons. The molecule has 0 aliphatic carbocycles. The minimum Gasteiger partial charge on any atom is -0.460 e. The van der Waals surface area contributed by atoms with Gasteiger partial charge in [-0.15, -0.1) is 0 Å². The van der Waals surface area contributed by atoms with Gasteiger partial charge >= 0.3 is 11.9 Å². The molecule has 0 unspecified atom stereocenters. The Morgan fingerprint density at radius 3 is 2.18 bits per heavy atom. The lowest BCUT2D eigenvalue weighted by Gasteiger charge is -2.22. The van der Waals surface area contributed by atoms with Crippen LogP contribution in [0.2, 0.25) is 0 Å². The summed E-state index contributed by atoms with van der Waals surface area (Å²) in [5.74, 6) is -2.30. The van der Waals surface area contributed by atoms with Crippen molar-refractivity contribution < 1.29 is 23.9 Å². The van der Waals surface area contributed by atoms with E-state index in [1.165, 1.54) is 0 Å². The number of rotatable bonds is 5. The molecule has 0 heterocycles. The first-order valence-electron chi connectivity index (χ1n) is 6.96. The van der Waals surface area contributed by atoms with E-state index >= 15 is 0 Å². The molecule has 1 rings (SSSR count). The summed E-state index contributed by atoms with van der Waals surface area (Å²) in [4.78, 5) is 35.3. The lowest BCUT2D eigenvalue weighted by atomic mass is 9.93. The van der Waals surface area contributed by atoms with Crippen molar-refractivity contribution >= 4 is 17.7 Å². The Bertz CT molecular complexity index is 579. The normalized spacial score (nSPS) is 11.7. The maximum Gasteiger partial charge on any atom is 0.379 e. The molecule has 22 heavy (non-hydrogen) atoms. The van der Waals surface area contributed by atoms with Crippen LogP contribution in [-0.4, -0.2) is 24.3 Å². The van der Waals surface area contributed by atoms with Crippen molar-refractivity contribution in [1.82, 2.24) is 0 Å². The fourth-order valence-corrected chi connectivity index (χ4v) is 1.51. The van der Waals surface area contributed by atoms with Gasteiger partial charge in [-0.2, -0.15) is 0 Å². The van der Waals surface area contributed by atoms with Gasteiger partial charge < -0.3 is 9.47 Å². The van der Waals surface area contributed by atoms with Crippen molar-refractivity contribution in [1.29, 1.82) is 0 Å². The third-order valence-corrected chi connectivity index (χ3v) is 2.69. The van der Waals surface area contributed by atoms with E-state index in [0.29, 0.717) is 5.56 Å². The predicted molar refractivity (Wildman–Crippen MR) is 81.0 cm³/mol. The number of ether oxygens (including phenoxy) is 2. The summed E-state index contributed by atoms with van der Waals surface area (Å²) < 4.78 is 9.93. The van der Waals surface area contributed by atoms with Gasteiger partial charge in [-0.25, -0.2) is 9.59 Å². The number of benzene rings is 1. The molecule has 0 N–H and O–H groups in total. The van der Waals surface area contributed by atoms with E-state index in [0.717, 1.165) is 6.08 Å². The number of esters is 2. The molecular weight excluding hydrogens is 284 g/mol. The molecule has 5 heteroatoms. The zero-order chi connectivity index (χ0) is 16.8. The van der Waals surface area contributed by atoms with Crippen LogP contribution >= 0.6 is 0 Å². The van der Waals surface area contributed by atoms with Gasteiger partial charge in [-0.3, -0.25) is 4.79 Å². The number of carbonyl (C=O) groups excluding carboxylic acids is 3. The minimum absolute atomic E-state index is 0.104. The molecule has 0 bridgehead atoms. The first-order chi connectivity index (χ1) is 10.3. The van der Waals surface area contributed by atoms with Gasteiger partial charge in [0.05, 0.1) is 12.2 Å². The Kier molecular flexibility index (Phi) is 6.04. The fraction of sp³-hybridized carbons (Fsp3) is 0.353. The molecule has 0 aliphatic rings. The molecule has 0 fully saturated rings. The Labute approximate surface area is 129 Å². The van der Waals surface area contributed by atoms with Gasteiger partial charge in [0.25, 0.3) is 5.78 Å². The largest absolute Gasteiger partial charge is 0.460 e. The number of allylic oxidation sites excluding steroid dienone is 1. The minimum atomic E-state index is -0.972. The van der Waals surface area contributed by atoms with E-state index in [1.807, 2.05) is 0 Å². The highest BCUT2D eigenvalue weighted by molar-refractivity contribution is 6.38. The van der Waals surface area contributed by atoms with Crippen LogP contribution in [0.25, 0.3) is 0 Å². The fourth-order valence-electron chi connectivity index (χ4n) is 1.51. The van der Waals surface area contributed by atoms with Crippen molar-refractivity contribution in [3.05, 3.63) is 47.7 Å². The second kappa shape index (κ2) is 7.54. The van der Waals surface area contributed by atoms with Gasteiger partial charge in [0.2, 0.25) is 0 Å². The Hall–Kier alpha value is -2.43. The van der Waals surface area contributed by atoms with Crippen LogP contribution in [0.15, 0.2) is 42.2 Å². The lowest BCUT2D eigenvalue weighted by Crippen LogP contribution is -2.21. The zero-order valence-electron chi connectivity index (χ0n) is 13.2. The third kappa shape index (κ3) is 5.16. The maximum absolute atomic E-state index is 12.1. The summed E-state index contributed by atoms with van der Waals surface area (Å²) >= 11 is 0. The van der Waals surface area contributed by atoms with E-state index in [4.69, 9.17) is 4.74 Å². The zero-order valence-corrected chi connectivity index (χ0v) is 13.2. The Morgan fingerprint density at radius 1 is 1.09 bits per heavy atom. The van der Waals surface area contributed by atoms with Gasteiger partial charge in [0.15, 0.2) is 0 Å². The highest BCUT2D eigenvalue weighted by atomic mass is 16.5. The molecule has 0 atom stereocenters. The van der Waals surface area contributed by atoms with Crippen LogP contribution in [-0.2, 0) is 19.1 Å². The second-order valence-corrected chi connectivity index (χ2v) is 5.60. The summed E-state index contributed by atoms with van der Waals surface area (Å²) in [5.41, 5.74) is -0.256. The first kappa shape index (κ1) is 17.6. The van der Waals surface area contributed by atoms with E-state index in [1.54, 1.807) is 58.0 Å². The molecule has 0 spiro atoms. The van der Waals surface area contributed by atoms with Crippen molar-refractivity contribution in [2.75, 3.05) is 6.61 Å². The number of carbonyl (C=O) groups is 3. The quantitative estimate of drug-likeness (QED) is 0.362. The molecule has 0 aliphatic heterocycles. The first-order valence-corrected chi connectivity index (χ1v) is 6.96. The SMILES string of the molecule is CCOC(=O)C(=O)/C=C(\OC(=O)c1ccccc1)C(C)(C)C. The van der Waals surface area contributed by atoms with E-state index in [-0.39, 0.29) is 12.4 Å². The maximum atomic E-state index is 12.1. The third-order valence-electron chi connectivity index (χ3n) is 2.69. The highest BCUT2D eigenvalue weighted by Crippen LogP contribution is 2.27. The molecule has 1 aromatic carbocycles.